The van der Waals surface area contributed by atoms with Crippen LogP contribution in [-0.2, 0) is 9.59 Å². The van der Waals surface area contributed by atoms with E-state index in [1.165, 1.54) is 13.0 Å². The molecule has 0 spiro atoms. The molecule has 0 fully saturated rings. The van der Waals surface area contributed by atoms with Crippen LogP contribution in [0.1, 0.15) is 26.3 Å². The second kappa shape index (κ2) is 9.43. The maximum absolute atomic E-state index is 12.1. The highest BCUT2D eigenvalue weighted by atomic mass is 16.5. The first kappa shape index (κ1) is 20.0. The van der Waals surface area contributed by atoms with E-state index in [0.29, 0.717) is 22.9 Å². The number of benzene rings is 2. The third-order valence-corrected chi connectivity index (χ3v) is 3.45. The van der Waals surface area contributed by atoms with Gasteiger partial charge in [0, 0.05) is 24.4 Å². The van der Waals surface area contributed by atoms with Gasteiger partial charge in [0.2, 0.25) is 11.8 Å². The van der Waals surface area contributed by atoms with Gasteiger partial charge >= 0.3 is 0 Å². The molecule has 0 aromatic heterocycles. The van der Waals surface area contributed by atoms with Crippen molar-refractivity contribution in [3.63, 3.8) is 0 Å². The van der Waals surface area contributed by atoms with Crippen LogP contribution in [0.15, 0.2) is 48.5 Å². The number of anilines is 2. The predicted octanol–water partition coefficient (Wildman–Crippen LogP) is 4.09. The molecule has 27 heavy (non-hydrogen) atoms. The molecule has 6 nitrogen and oxygen atoms in total. The number of hydrogen-bond donors (Lipinski definition) is 2. The average molecular weight is 368 g/mol. The van der Waals surface area contributed by atoms with Gasteiger partial charge in [-0.15, -0.1) is 0 Å². The summed E-state index contributed by atoms with van der Waals surface area (Å²) in [6.45, 7) is 5.33. The van der Waals surface area contributed by atoms with E-state index in [2.05, 4.69) is 10.6 Å². The van der Waals surface area contributed by atoms with Crippen LogP contribution in [0.5, 0.6) is 11.5 Å². The third kappa shape index (κ3) is 6.51. The van der Waals surface area contributed by atoms with Crippen LogP contribution < -0.4 is 20.1 Å². The maximum atomic E-state index is 12.1. The molecular weight excluding hydrogens is 344 g/mol. The number of ether oxygens (including phenoxy) is 2. The summed E-state index contributed by atoms with van der Waals surface area (Å²) in [7, 11) is 1.58. The summed E-state index contributed by atoms with van der Waals surface area (Å²) in [6, 6.07) is 12.4. The molecule has 0 unspecified atom stereocenters. The molecule has 2 aromatic rings. The van der Waals surface area contributed by atoms with Gasteiger partial charge < -0.3 is 20.1 Å². The summed E-state index contributed by atoms with van der Waals surface area (Å²) < 4.78 is 11.0. The number of nitrogens with one attached hydrogen (secondary N) is 2. The minimum absolute atomic E-state index is 0.0445. The summed E-state index contributed by atoms with van der Waals surface area (Å²) >= 11 is 0. The average Bonchev–Trinajstić information content (AvgIpc) is 2.61. The number of methoxy groups -OCH3 is 1. The zero-order chi connectivity index (χ0) is 19.8. The normalized spacial score (nSPS) is 10.7. The highest BCUT2D eigenvalue weighted by Gasteiger charge is 2.07. The molecule has 0 bridgehead atoms. The molecule has 0 saturated heterocycles. The molecule has 0 aliphatic heterocycles. The largest absolute Gasteiger partial charge is 0.493 e. The molecule has 2 N–H and O–H groups in total. The monoisotopic (exact) mass is 368 g/mol. The quantitative estimate of drug-likeness (QED) is 0.722. The van der Waals surface area contributed by atoms with E-state index in [0.717, 1.165) is 5.56 Å². The molecule has 2 rings (SSSR count). The molecule has 2 aromatic carbocycles. The predicted molar refractivity (Wildman–Crippen MR) is 107 cm³/mol. The summed E-state index contributed by atoms with van der Waals surface area (Å²) in [4.78, 5) is 23.1. The number of rotatable bonds is 7. The van der Waals surface area contributed by atoms with Gasteiger partial charge in [0.15, 0.2) is 11.5 Å². The Morgan fingerprint density at radius 3 is 2.15 bits per heavy atom. The topological polar surface area (TPSA) is 76.7 Å². The summed E-state index contributed by atoms with van der Waals surface area (Å²) in [6.07, 6.45) is 3.19. The minimum Gasteiger partial charge on any atom is -0.493 e. The van der Waals surface area contributed by atoms with Crippen LogP contribution in [0, 0.1) is 0 Å². The summed E-state index contributed by atoms with van der Waals surface area (Å²) in [5.74, 6) is 0.867. The zero-order valence-corrected chi connectivity index (χ0v) is 15.9. The molecule has 2 amide bonds. The Hall–Kier alpha value is -3.28. The van der Waals surface area contributed by atoms with Crippen molar-refractivity contribution in [3.8, 4) is 11.5 Å². The fraction of sp³-hybridized carbons (Fsp3) is 0.238. The highest BCUT2D eigenvalue weighted by molar-refractivity contribution is 6.02. The van der Waals surface area contributed by atoms with Gasteiger partial charge in [0.25, 0.3) is 0 Å². The fourth-order valence-electron chi connectivity index (χ4n) is 2.34. The standard InChI is InChI=1S/C21H24N2O4/c1-14(2)27-19-11-5-16(13-20(19)26-4)6-12-21(25)23-18-9-7-17(8-10-18)22-15(3)24/h5-14H,1-4H3,(H,22,24)(H,23,25)/b12-6+. The Kier molecular flexibility index (Phi) is 7.00. The van der Waals surface area contributed by atoms with Crippen molar-refractivity contribution in [3.05, 3.63) is 54.1 Å². The number of amides is 2. The highest BCUT2D eigenvalue weighted by Crippen LogP contribution is 2.29. The zero-order valence-electron chi connectivity index (χ0n) is 15.9. The van der Waals surface area contributed by atoms with Crippen molar-refractivity contribution in [1.29, 1.82) is 0 Å². The summed E-state index contributed by atoms with van der Waals surface area (Å²) in [5.41, 5.74) is 2.13. The summed E-state index contributed by atoms with van der Waals surface area (Å²) in [5, 5.41) is 5.44. The smallest absolute Gasteiger partial charge is 0.248 e. The molecule has 0 radical (unpaired) electrons. The van der Waals surface area contributed by atoms with Crippen LogP contribution in [0.4, 0.5) is 11.4 Å². The molecule has 0 atom stereocenters. The molecule has 0 heterocycles. The number of carbonyl (C=O) groups excluding carboxylic acids is 2. The van der Waals surface area contributed by atoms with E-state index < -0.39 is 0 Å². The van der Waals surface area contributed by atoms with Crippen LogP contribution in [0.25, 0.3) is 6.08 Å². The van der Waals surface area contributed by atoms with E-state index in [9.17, 15) is 9.59 Å². The maximum Gasteiger partial charge on any atom is 0.248 e. The molecule has 0 saturated carbocycles. The van der Waals surface area contributed by atoms with Crippen LogP contribution >= 0.6 is 0 Å². The van der Waals surface area contributed by atoms with E-state index in [4.69, 9.17) is 9.47 Å². The van der Waals surface area contributed by atoms with Crippen molar-refractivity contribution in [2.45, 2.75) is 26.9 Å². The van der Waals surface area contributed by atoms with Gasteiger partial charge in [-0.25, -0.2) is 0 Å². The van der Waals surface area contributed by atoms with Crippen LogP contribution in [-0.4, -0.2) is 25.0 Å². The van der Waals surface area contributed by atoms with Crippen molar-refractivity contribution in [1.82, 2.24) is 0 Å². The molecule has 0 aliphatic rings. The van der Waals surface area contributed by atoms with Crippen molar-refractivity contribution >= 4 is 29.3 Å². The van der Waals surface area contributed by atoms with Gasteiger partial charge in [-0.2, -0.15) is 0 Å². The van der Waals surface area contributed by atoms with Gasteiger partial charge in [0.1, 0.15) is 0 Å². The second-order valence-corrected chi connectivity index (χ2v) is 6.16. The molecule has 142 valence electrons. The first-order valence-corrected chi connectivity index (χ1v) is 8.59. The Morgan fingerprint density at radius 2 is 1.59 bits per heavy atom. The van der Waals surface area contributed by atoms with Crippen LogP contribution in [0.3, 0.4) is 0 Å². The first-order valence-electron chi connectivity index (χ1n) is 8.59. The lowest BCUT2D eigenvalue weighted by Crippen LogP contribution is -2.09. The van der Waals surface area contributed by atoms with Gasteiger partial charge in [-0.05, 0) is 61.9 Å². The first-order chi connectivity index (χ1) is 12.9. The van der Waals surface area contributed by atoms with Crippen molar-refractivity contribution in [2.75, 3.05) is 17.7 Å². The second-order valence-electron chi connectivity index (χ2n) is 6.16. The van der Waals surface area contributed by atoms with E-state index in [1.807, 2.05) is 32.0 Å². The molecule has 6 heteroatoms. The fourth-order valence-corrected chi connectivity index (χ4v) is 2.34. The van der Waals surface area contributed by atoms with Gasteiger partial charge in [-0.1, -0.05) is 6.07 Å². The molecule has 0 aliphatic carbocycles. The lowest BCUT2D eigenvalue weighted by Gasteiger charge is -2.13. The van der Waals surface area contributed by atoms with Crippen molar-refractivity contribution < 1.29 is 19.1 Å². The van der Waals surface area contributed by atoms with Crippen LogP contribution in [0.2, 0.25) is 0 Å². The molecular formula is C21H24N2O4. The number of hydrogen-bond acceptors (Lipinski definition) is 4. The van der Waals surface area contributed by atoms with Crippen molar-refractivity contribution in [2.24, 2.45) is 0 Å². The SMILES string of the molecule is COc1cc(/C=C/C(=O)Nc2ccc(NC(C)=O)cc2)ccc1OC(C)C. The Bertz CT molecular complexity index is 827. The lowest BCUT2D eigenvalue weighted by atomic mass is 10.2. The van der Waals surface area contributed by atoms with E-state index in [-0.39, 0.29) is 17.9 Å². The third-order valence-electron chi connectivity index (χ3n) is 3.45. The van der Waals surface area contributed by atoms with Gasteiger partial charge in [0.05, 0.1) is 13.2 Å². The Labute approximate surface area is 159 Å². The van der Waals surface area contributed by atoms with Gasteiger partial charge in [-0.3, -0.25) is 9.59 Å². The minimum atomic E-state index is -0.260. The Morgan fingerprint density at radius 1 is 0.963 bits per heavy atom. The lowest BCUT2D eigenvalue weighted by molar-refractivity contribution is -0.114. The Balaban J connectivity index is 2.00. The number of carbonyl (C=O) groups is 2. The van der Waals surface area contributed by atoms with E-state index >= 15 is 0 Å². The van der Waals surface area contributed by atoms with E-state index in [1.54, 1.807) is 37.5 Å².